The van der Waals surface area contributed by atoms with Crippen molar-refractivity contribution in [1.82, 2.24) is 9.97 Å². The molecule has 1 aromatic carbocycles. The quantitative estimate of drug-likeness (QED) is 0.936. The van der Waals surface area contributed by atoms with Crippen molar-refractivity contribution in [2.75, 3.05) is 23.3 Å². The normalized spacial score (nSPS) is 22.5. The second-order valence-corrected chi connectivity index (χ2v) is 6.50. The minimum atomic E-state index is 0.608. The van der Waals surface area contributed by atoms with E-state index in [9.17, 15) is 0 Å². The molecule has 0 bridgehead atoms. The molecule has 4 nitrogen and oxygen atoms in total. The van der Waals surface area contributed by atoms with Gasteiger partial charge in [0.1, 0.15) is 5.82 Å². The van der Waals surface area contributed by atoms with Crippen LogP contribution in [-0.2, 0) is 0 Å². The van der Waals surface area contributed by atoms with Gasteiger partial charge in [0, 0.05) is 24.5 Å². The van der Waals surface area contributed by atoms with Crippen LogP contribution in [0.3, 0.4) is 0 Å². The van der Waals surface area contributed by atoms with E-state index in [0.717, 1.165) is 41.7 Å². The van der Waals surface area contributed by atoms with Crippen LogP contribution in [0.2, 0.25) is 0 Å². The summed E-state index contributed by atoms with van der Waals surface area (Å²) in [6, 6.07) is 8.93. The number of piperidine rings is 1. The van der Waals surface area contributed by atoms with E-state index in [1.54, 1.807) is 0 Å². The predicted octanol–water partition coefficient (Wildman–Crippen LogP) is 3.44. The Morgan fingerprint density at radius 1 is 1.14 bits per heavy atom. The van der Waals surface area contributed by atoms with Gasteiger partial charge in [0.2, 0.25) is 5.95 Å². The minimum Gasteiger partial charge on any atom is -0.367 e. The molecule has 4 rings (SSSR count). The lowest BCUT2D eigenvalue weighted by atomic mass is 10.0. The zero-order valence-corrected chi connectivity index (χ0v) is 12.5. The van der Waals surface area contributed by atoms with Crippen molar-refractivity contribution in [1.29, 1.82) is 0 Å². The molecular formula is C17H22N4. The van der Waals surface area contributed by atoms with Gasteiger partial charge in [0.05, 0.1) is 5.52 Å². The van der Waals surface area contributed by atoms with E-state index in [1.807, 2.05) is 0 Å². The summed E-state index contributed by atoms with van der Waals surface area (Å²) in [6.07, 6.45) is 5.07. The third-order valence-corrected chi connectivity index (χ3v) is 4.45. The van der Waals surface area contributed by atoms with Gasteiger partial charge in [0.15, 0.2) is 0 Å². The summed E-state index contributed by atoms with van der Waals surface area (Å²) in [7, 11) is 0. The van der Waals surface area contributed by atoms with Crippen LogP contribution < -0.4 is 10.2 Å². The van der Waals surface area contributed by atoms with Crippen molar-refractivity contribution in [3.05, 3.63) is 24.3 Å². The van der Waals surface area contributed by atoms with Gasteiger partial charge in [-0.25, -0.2) is 4.98 Å². The molecule has 1 saturated carbocycles. The van der Waals surface area contributed by atoms with Crippen molar-refractivity contribution in [3.63, 3.8) is 0 Å². The molecule has 0 spiro atoms. The number of hydrogen-bond acceptors (Lipinski definition) is 4. The maximum absolute atomic E-state index is 4.84. The highest BCUT2D eigenvalue weighted by molar-refractivity contribution is 5.90. The molecule has 1 aliphatic carbocycles. The fourth-order valence-corrected chi connectivity index (χ4v) is 3.11. The molecule has 1 atom stereocenters. The average molecular weight is 282 g/mol. The van der Waals surface area contributed by atoms with Gasteiger partial charge in [-0.2, -0.15) is 4.98 Å². The number of fused-ring (bicyclic) bond motifs is 1. The molecule has 1 aromatic heterocycles. The molecule has 1 aliphatic heterocycles. The zero-order valence-electron chi connectivity index (χ0n) is 12.5. The van der Waals surface area contributed by atoms with E-state index in [0.29, 0.717) is 6.04 Å². The van der Waals surface area contributed by atoms with Crippen LogP contribution in [0.25, 0.3) is 10.9 Å². The van der Waals surface area contributed by atoms with E-state index in [1.165, 1.54) is 25.7 Å². The molecule has 1 saturated heterocycles. The summed E-state index contributed by atoms with van der Waals surface area (Å²) < 4.78 is 0. The first kappa shape index (κ1) is 12.9. The Bertz CT molecular complexity index is 650. The Balaban J connectivity index is 1.74. The maximum atomic E-state index is 4.84. The van der Waals surface area contributed by atoms with Crippen LogP contribution in [0.15, 0.2) is 24.3 Å². The van der Waals surface area contributed by atoms with Crippen molar-refractivity contribution in [2.24, 2.45) is 5.92 Å². The van der Waals surface area contributed by atoms with Gasteiger partial charge in [-0.1, -0.05) is 19.1 Å². The second kappa shape index (κ2) is 5.17. The van der Waals surface area contributed by atoms with Crippen LogP contribution >= 0.6 is 0 Å². The van der Waals surface area contributed by atoms with Crippen LogP contribution in [0, 0.1) is 5.92 Å². The van der Waals surface area contributed by atoms with Gasteiger partial charge in [-0.15, -0.1) is 0 Å². The topological polar surface area (TPSA) is 41.1 Å². The van der Waals surface area contributed by atoms with Crippen LogP contribution in [-0.4, -0.2) is 29.1 Å². The highest BCUT2D eigenvalue weighted by atomic mass is 15.3. The monoisotopic (exact) mass is 282 g/mol. The number of para-hydroxylation sites is 1. The SMILES string of the molecule is C[C@@H]1CCCN(c2nc(NC3CC3)c3ccccc3n2)C1. The molecule has 4 heteroatoms. The standard InChI is InChI=1S/C17H22N4/c1-12-5-4-10-21(11-12)17-19-15-7-3-2-6-14(15)16(20-17)18-13-8-9-13/h2-3,6-7,12-13H,4-5,8-11H2,1H3,(H,18,19,20)/t12-/m1/s1. The molecule has 1 N–H and O–H groups in total. The Morgan fingerprint density at radius 3 is 2.81 bits per heavy atom. The number of anilines is 2. The summed E-state index contributed by atoms with van der Waals surface area (Å²) in [4.78, 5) is 12.0. The van der Waals surface area contributed by atoms with E-state index >= 15 is 0 Å². The lowest BCUT2D eigenvalue weighted by Crippen LogP contribution is -2.35. The number of benzene rings is 1. The Hall–Kier alpha value is -1.84. The Kier molecular flexibility index (Phi) is 3.17. The fraction of sp³-hybridized carbons (Fsp3) is 0.529. The lowest BCUT2D eigenvalue weighted by Gasteiger charge is -2.31. The summed E-state index contributed by atoms with van der Waals surface area (Å²) in [5.74, 6) is 2.63. The highest BCUT2D eigenvalue weighted by Crippen LogP contribution is 2.30. The molecule has 2 heterocycles. The average Bonchev–Trinajstić information content (AvgIpc) is 3.31. The van der Waals surface area contributed by atoms with Gasteiger partial charge in [0.25, 0.3) is 0 Å². The van der Waals surface area contributed by atoms with E-state index in [2.05, 4.69) is 41.4 Å². The molecule has 0 radical (unpaired) electrons. The van der Waals surface area contributed by atoms with Crippen LogP contribution in [0.5, 0.6) is 0 Å². The van der Waals surface area contributed by atoms with Crippen molar-refractivity contribution < 1.29 is 0 Å². The number of aromatic nitrogens is 2. The molecule has 0 amide bonds. The van der Waals surface area contributed by atoms with E-state index in [-0.39, 0.29) is 0 Å². The largest absolute Gasteiger partial charge is 0.367 e. The van der Waals surface area contributed by atoms with Gasteiger partial charge in [-0.3, -0.25) is 0 Å². The smallest absolute Gasteiger partial charge is 0.227 e. The molecule has 2 aromatic rings. The Labute approximate surface area is 125 Å². The number of hydrogen-bond donors (Lipinski definition) is 1. The lowest BCUT2D eigenvalue weighted by molar-refractivity contribution is 0.442. The molecule has 2 aliphatic rings. The van der Waals surface area contributed by atoms with Crippen LogP contribution in [0.4, 0.5) is 11.8 Å². The second-order valence-electron chi connectivity index (χ2n) is 6.50. The first-order valence-corrected chi connectivity index (χ1v) is 8.08. The molecule has 21 heavy (non-hydrogen) atoms. The summed E-state index contributed by atoms with van der Waals surface area (Å²) >= 11 is 0. The third kappa shape index (κ3) is 2.67. The van der Waals surface area contributed by atoms with Gasteiger partial charge >= 0.3 is 0 Å². The van der Waals surface area contributed by atoms with Crippen molar-refractivity contribution in [2.45, 2.75) is 38.6 Å². The summed E-state index contributed by atoms with van der Waals surface area (Å²) in [6.45, 7) is 4.46. The van der Waals surface area contributed by atoms with E-state index < -0.39 is 0 Å². The Morgan fingerprint density at radius 2 is 2.00 bits per heavy atom. The molecule has 0 unspecified atom stereocenters. The fourth-order valence-electron chi connectivity index (χ4n) is 3.11. The first-order chi connectivity index (χ1) is 10.3. The number of nitrogens with one attached hydrogen (secondary N) is 1. The van der Waals surface area contributed by atoms with Gasteiger partial charge in [-0.05, 0) is 43.7 Å². The zero-order chi connectivity index (χ0) is 14.2. The predicted molar refractivity (Wildman–Crippen MR) is 86.8 cm³/mol. The first-order valence-electron chi connectivity index (χ1n) is 8.08. The maximum Gasteiger partial charge on any atom is 0.227 e. The van der Waals surface area contributed by atoms with E-state index in [4.69, 9.17) is 9.97 Å². The highest BCUT2D eigenvalue weighted by Gasteiger charge is 2.24. The summed E-state index contributed by atoms with van der Waals surface area (Å²) in [5, 5.41) is 4.71. The van der Waals surface area contributed by atoms with Crippen molar-refractivity contribution >= 4 is 22.7 Å². The molecule has 110 valence electrons. The summed E-state index contributed by atoms with van der Waals surface area (Å²) in [5.41, 5.74) is 1.05. The van der Waals surface area contributed by atoms with Crippen molar-refractivity contribution in [3.8, 4) is 0 Å². The molecular weight excluding hydrogens is 260 g/mol. The van der Waals surface area contributed by atoms with Crippen LogP contribution in [0.1, 0.15) is 32.6 Å². The molecule has 2 fully saturated rings. The van der Waals surface area contributed by atoms with Gasteiger partial charge < -0.3 is 10.2 Å². The third-order valence-electron chi connectivity index (χ3n) is 4.45. The number of nitrogens with zero attached hydrogens (tertiary/aromatic N) is 3. The minimum absolute atomic E-state index is 0.608. The number of rotatable bonds is 3.